The van der Waals surface area contributed by atoms with Crippen molar-refractivity contribution in [1.29, 1.82) is 0 Å². The van der Waals surface area contributed by atoms with E-state index in [0.29, 0.717) is 0 Å². The summed E-state index contributed by atoms with van der Waals surface area (Å²) in [5, 5.41) is 3.23. The summed E-state index contributed by atoms with van der Waals surface area (Å²) in [7, 11) is 0. The summed E-state index contributed by atoms with van der Waals surface area (Å²) in [5.41, 5.74) is 4.86. The van der Waals surface area contributed by atoms with Gasteiger partial charge in [-0.1, -0.05) is 42.5 Å². The number of nitrogens with zero attached hydrogens (tertiary/aromatic N) is 1. The van der Waals surface area contributed by atoms with Gasteiger partial charge in [0.15, 0.2) is 0 Å². The highest BCUT2D eigenvalue weighted by molar-refractivity contribution is 5.95. The van der Waals surface area contributed by atoms with E-state index in [9.17, 15) is 4.79 Å². The summed E-state index contributed by atoms with van der Waals surface area (Å²) in [4.78, 5) is 15.0. The van der Waals surface area contributed by atoms with Gasteiger partial charge in [0.1, 0.15) is 0 Å². The number of carbonyl (C=O) groups is 1. The van der Waals surface area contributed by atoms with Crippen LogP contribution in [-0.2, 0) is 4.79 Å². The molecule has 2 aliphatic rings. The van der Waals surface area contributed by atoms with E-state index >= 15 is 0 Å². The highest BCUT2D eigenvalue weighted by atomic mass is 35.5. The van der Waals surface area contributed by atoms with Crippen molar-refractivity contribution in [1.82, 2.24) is 4.90 Å². The topological polar surface area (TPSA) is 32.3 Å². The number of carbonyl (C=O) groups excluding carboxylic acids is 1. The molecule has 1 N–H and O–H groups in total. The number of nitrogens with one attached hydrogen (secondary N) is 1. The highest BCUT2D eigenvalue weighted by Crippen LogP contribution is 2.36. The van der Waals surface area contributed by atoms with E-state index in [-0.39, 0.29) is 30.2 Å². The van der Waals surface area contributed by atoms with Crippen LogP contribution in [0.15, 0.2) is 48.5 Å². The van der Waals surface area contributed by atoms with Crippen molar-refractivity contribution in [2.45, 2.75) is 38.5 Å². The lowest BCUT2D eigenvalue weighted by molar-refractivity contribution is -0.117. The third-order valence-corrected chi connectivity index (χ3v) is 5.72. The maximum absolute atomic E-state index is 12.4. The molecule has 3 nitrogen and oxygen atoms in total. The summed E-state index contributed by atoms with van der Waals surface area (Å²) in [6, 6.07) is 17.0. The number of likely N-dealkylation sites (tertiary alicyclic amines) is 1. The molecule has 1 aliphatic heterocycles. The average molecular weight is 385 g/mol. The molecule has 1 saturated carbocycles. The van der Waals surface area contributed by atoms with Crippen LogP contribution in [0, 0.1) is 12.8 Å². The molecule has 1 amide bonds. The minimum Gasteiger partial charge on any atom is -0.326 e. The van der Waals surface area contributed by atoms with Gasteiger partial charge in [-0.2, -0.15) is 0 Å². The van der Waals surface area contributed by atoms with E-state index in [4.69, 9.17) is 0 Å². The van der Waals surface area contributed by atoms with Crippen molar-refractivity contribution in [2.24, 2.45) is 5.92 Å². The molecule has 1 aliphatic carbocycles. The van der Waals surface area contributed by atoms with Gasteiger partial charge in [0, 0.05) is 24.1 Å². The first-order valence-electron chi connectivity index (χ1n) is 9.90. The van der Waals surface area contributed by atoms with Crippen molar-refractivity contribution in [2.75, 3.05) is 25.0 Å². The molecule has 1 heterocycles. The number of hydrogen-bond donors (Lipinski definition) is 1. The number of rotatable bonds is 6. The Hall–Kier alpha value is -1.84. The zero-order valence-electron chi connectivity index (χ0n) is 16.0. The first-order chi connectivity index (χ1) is 12.7. The molecule has 1 saturated heterocycles. The van der Waals surface area contributed by atoms with Gasteiger partial charge in [-0.25, -0.2) is 0 Å². The van der Waals surface area contributed by atoms with Crippen molar-refractivity contribution in [3.05, 3.63) is 65.2 Å². The maximum Gasteiger partial charge on any atom is 0.227 e. The predicted molar refractivity (Wildman–Crippen MR) is 114 cm³/mol. The smallest absolute Gasteiger partial charge is 0.227 e. The van der Waals surface area contributed by atoms with Crippen LogP contribution in [0.1, 0.15) is 48.3 Å². The quantitative estimate of drug-likeness (QED) is 0.760. The molecule has 0 aromatic heterocycles. The minimum absolute atomic E-state index is 0. The second kappa shape index (κ2) is 8.90. The van der Waals surface area contributed by atoms with Crippen LogP contribution in [0.4, 0.5) is 5.69 Å². The molecular formula is C23H29ClN2O. The first kappa shape index (κ1) is 19.9. The summed E-state index contributed by atoms with van der Waals surface area (Å²) < 4.78 is 0. The zero-order chi connectivity index (χ0) is 17.9. The van der Waals surface area contributed by atoms with Gasteiger partial charge in [-0.05, 0) is 68.5 Å². The standard InChI is InChI=1S/C23H28N2O.ClH/c1-17-8-7-11-21(24-23(26)19-12-13-19)22(17)20(16-25-14-5-6-15-25)18-9-3-2-4-10-18;/h2-4,7-11,19-20H,5-6,12-16H2,1H3,(H,24,26);1H. The second-order valence-electron chi connectivity index (χ2n) is 7.77. The maximum atomic E-state index is 12.4. The van der Waals surface area contributed by atoms with Gasteiger partial charge in [0.25, 0.3) is 0 Å². The molecular weight excluding hydrogens is 356 g/mol. The Labute approximate surface area is 168 Å². The largest absolute Gasteiger partial charge is 0.326 e. The van der Waals surface area contributed by atoms with Crippen LogP contribution in [0.2, 0.25) is 0 Å². The molecule has 4 heteroatoms. The molecule has 0 radical (unpaired) electrons. The molecule has 27 heavy (non-hydrogen) atoms. The fraction of sp³-hybridized carbons (Fsp3) is 0.435. The Morgan fingerprint density at radius 1 is 1.07 bits per heavy atom. The number of hydrogen-bond acceptors (Lipinski definition) is 2. The van der Waals surface area contributed by atoms with Gasteiger partial charge in [-0.3, -0.25) is 4.79 Å². The van der Waals surface area contributed by atoms with Gasteiger partial charge < -0.3 is 10.2 Å². The van der Waals surface area contributed by atoms with Crippen LogP contribution in [0.3, 0.4) is 0 Å². The van der Waals surface area contributed by atoms with Crippen molar-refractivity contribution in [3.8, 4) is 0 Å². The molecule has 1 unspecified atom stereocenters. The lowest BCUT2D eigenvalue weighted by atomic mass is 9.86. The van der Waals surface area contributed by atoms with Gasteiger partial charge in [-0.15, -0.1) is 12.4 Å². The predicted octanol–water partition coefficient (Wildman–Crippen LogP) is 4.99. The van der Waals surface area contributed by atoms with E-state index in [1.807, 2.05) is 0 Å². The minimum atomic E-state index is 0. The Morgan fingerprint density at radius 3 is 2.44 bits per heavy atom. The summed E-state index contributed by atoms with van der Waals surface area (Å²) in [6.07, 6.45) is 4.65. The first-order valence-corrected chi connectivity index (χ1v) is 9.90. The second-order valence-corrected chi connectivity index (χ2v) is 7.77. The Kier molecular flexibility index (Phi) is 6.56. The third kappa shape index (κ3) is 4.72. The molecule has 2 fully saturated rings. The van der Waals surface area contributed by atoms with Crippen molar-refractivity contribution < 1.29 is 4.79 Å². The number of aryl methyl sites for hydroxylation is 1. The molecule has 1 atom stereocenters. The van der Waals surface area contributed by atoms with Crippen molar-refractivity contribution in [3.63, 3.8) is 0 Å². The van der Waals surface area contributed by atoms with E-state index < -0.39 is 0 Å². The Morgan fingerprint density at radius 2 is 1.78 bits per heavy atom. The fourth-order valence-corrected chi connectivity index (χ4v) is 4.10. The summed E-state index contributed by atoms with van der Waals surface area (Å²) >= 11 is 0. The summed E-state index contributed by atoms with van der Waals surface area (Å²) in [5.74, 6) is 0.687. The molecule has 144 valence electrons. The van der Waals surface area contributed by atoms with Gasteiger partial charge >= 0.3 is 0 Å². The van der Waals surface area contributed by atoms with E-state index in [2.05, 4.69) is 65.7 Å². The monoisotopic (exact) mass is 384 g/mol. The van der Waals surface area contributed by atoms with E-state index in [1.54, 1.807) is 0 Å². The molecule has 2 aromatic rings. The number of benzene rings is 2. The molecule has 2 aromatic carbocycles. The summed E-state index contributed by atoms with van der Waals surface area (Å²) in [6.45, 7) is 5.54. The van der Waals surface area contributed by atoms with Crippen molar-refractivity contribution >= 4 is 24.0 Å². The van der Waals surface area contributed by atoms with Crippen LogP contribution < -0.4 is 5.32 Å². The van der Waals surface area contributed by atoms with E-state index in [0.717, 1.165) is 25.1 Å². The molecule has 0 bridgehead atoms. The van der Waals surface area contributed by atoms with Crippen LogP contribution in [0.5, 0.6) is 0 Å². The Bertz CT molecular complexity index is 767. The lowest BCUT2D eigenvalue weighted by Gasteiger charge is -2.27. The highest BCUT2D eigenvalue weighted by Gasteiger charge is 2.31. The van der Waals surface area contributed by atoms with Crippen LogP contribution >= 0.6 is 12.4 Å². The molecule has 4 rings (SSSR count). The van der Waals surface area contributed by atoms with E-state index in [1.165, 1.54) is 42.6 Å². The van der Waals surface area contributed by atoms with Gasteiger partial charge in [0.2, 0.25) is 5.91 Å². The average Bonchev–Trinajstić information content (AvgIpc) is 3.39. The third-order valence-electron chi connectivity index (χ3n) is 5.72. The number of halogens is 1. The zero-order valence-corrected chi connectivity index (χ0v) is 16.8. The lowest BCUT2D eigenvalue weighted by Crippen LogP contribution is -2.27. The number of amides is 1. The SMILES string of the molecule is Cc1cccc(NC(=O)C2CC2)c1C(CN1CCCC1)c1ccccc1.Cl. The number of anilines is 1. The van der Waals surface area contributed by atoms with Gasteiger partial charge in [0.05, 0.1) is 0 Å². The Balaban J connectivity index is 0.00000210. The van der Waals surface area contributed by atoms with Crippen LogP contribution in [-0.4, -0.2) is 30.4 Å². The molecule has 0 spiro atoms. The van der Waals surface area contributed by atoms with Crippen LogP contribution in [0.25, 0.3) is 0 Å². The normalized spacial score (nSPS) is 18.0. The fourth-order valence-electron chi connectivity index (χ4n) is 4.10.